The van der Waals surface area contributed by atoms with Crippen molar-refractivity contribution in [2.75, 3.05) is 6.61 Å². The number of halogens is 1. The first-order valence-corrected chi connectivity index (χ1v) is 9.72. The summed E-state index contributed by atoms with van der Waals surface area (Å²) >= 11 is 7.86. The van der Waals surface area contributed by atoms with E-state index >= 15 is 0 Å². The minimum Gasteiger partial charge on any atom is -0.494 e. The molecule has 2 aromatic carbocycles. The van der Waals surface area contributed by atoms with Crippen molar-refractivity contribution < 1.29 is 4.74 Å². The standard InChI is InChI=1S/C20H20ClN3OS/c1-3-13-24-19(15-9-11-17(12-10-15)25-4-2)22-23-20(24)26-14-16-7-5-6-8-18(16)21/h3,5-12H,1,4,13-14H2,2H3. The molecule has 0 N–H and O–H groups in total. The molecular weight excluding hydrogens is 366 g/mol. The molecule has 0 spiro atoms. The van der Waals surface area contributed by atoms with Gasteiger partial charge in [0.15, 0.2) is 11.0 Å². The van der Waals surface area contributed by atoms with E-state index < -0.39 is 0 Å². The van der Waals surface area contributed by atoms with Gasteiger partial charge in [0.2, 0.25) is 0 Å². The van der Waals surface area contributed by atoms with Gasteiger partial charge >= 0.3 is 0 Å². The van der Waals surface area contributed by atoms with Gasteiger partial charge < -0.3 is 4.74 Å². The van der Waals surface area contributed by atoms with Crippen LogP contribution in [0.3, 0.4) is 0 Å². The van der Waals surface area contributed by atoms with E-state index in [4.69, 9.17) is 16.3 Å². The summed E-state index contributed by atoms with van der Waals surface area (Å²) in [5.74, 6) is 2.40. The molecule has 0 aliphatic heterocycles. The SMILES string of the molecule is C=CCn1c(SCc2ccccc2Cl)nnc1-c1ccc(OCC)cc1. The van der Waals surface area contributed by atoms with Gasteiger partial charge in [-0.05, 0) is 42.8 Å². The Morgan fingerprint density at radius 1 is 1.15 bits per heavy atom. The first kappa shape index (κ1) is 18.5. The lowest BCUT2D eigenvalue weighted by Crippen LogP contribution is -2.01. The Kier molecular flexibility index (Phi) is 6.36. The molecule has 0 atom stereocenters. The first-order chi connectivity index (χ1) is 12.7. The second-order valence-corrected chi connectivity index (χ2v) is 6.89. The Bertz CT molecular complexity index is 877. The van der Waals surface area contributed by atoms with Gasteiger partial charge in [-0.25, -0.2) is 0 Å². The van der Waals surface area contributed by atoms with Crippen LogP contribution >= 0.6 is 23.4 Å². The van der Waals surface area contributed by atoms with Gasteiger partial charge in [-0.2, -0.15) is 0 Å². The van der Waals surface area contributed by atoms with Crippen LogP contribution in [0.1, 0.15) is 12.5 Å². The zero-order valence-corrected chi connectivity index (χ0v) is 16.1. The summed E-state index contributed by atoms with van der Waals surface area (Å²) in [7, 11) is 0. The summed E-state index contributed by atoms with van der Waals surface area (Å²) in [5, 5.41) is 10.4. The fourth-order valence-electron chi connectivity index (χ4n) is 2.53. The van der Waals surface area contributed by atoms with Crippen LogP contribution in [-0.4, -0.2) is 21.4 Å². The first-order valence-electron chi connectivity index (χ1n) is 8.36. The monoisotopic (exact) mass is 385 g/mol. The van der Waals surface area contributed by atoms with Gasteiger partial charge in [-0.3, -0.25) is 4.57 Å². The maximum absolute atomic E-state index is 6.25. The molecule has 0 saturated carbocycles. The summed E-state index contributed by atoms with van der Waals surface area (Å²) in [6, 6.07) is 15.7. The van der Waals surface area contributed by atoms with Gasteiger partial charge in [0.05, 0.1) is 6.61 Å². The minimum absolute atomic E-state index is 0.639. The van der Waals surface area contributed by atoms with E-state index in [1.54, 1.807) is 11.8 Å². The predicted molar refractivity (Wildman–Crippen MR) is 108 cm³/mol. The van der Waals surface area contributed by atoms with Crippen LogP contribution in [0.5, 0.6) is 5.75 Å². The third kappa shape index (κ3) is 4.29. The maximum Gasteiger partial charge on any atom is 0.192 e. The van der Waals surface area contributed by atoms with Gasteiger partial charge in [-0.1, -0.05) is 47.6 Å². The third-order valence-electron chi connectivity index (χ3n) is 3.77. The normalized spacial score (nSPS) is 10.7. The van der Waals surface area contributed by atoms with Gasteiger partial charge in [0, 0.05) is 22.9 Å². The summed E-state index contributed by atoms with van der Waals surface area (Å²) in [4.78, 5) is 0. The average molecular weight is 386 g/mol. The molecule has 0 bridgehead atoms. The highest BCUT2D eigenvalue weighted by Crippen LogP contribution is 2.29. The van der Waals surface area contributed by atoms with E-state index in [0.29, 0.717) is 13.2 Å². The van der Waals surface area contributed by atoms with Crippen LogP contribution < -0.4 is 4.74 Å². The van der Waals surface area contributed by atoms with Crippen molar-refractivity contribution in [3.05, 3.63) is 71.8 Å². The topological polar surface area (TPSA) is 39.9 Å². The second-order valence-electron chi connectivity index (χ2n) is 5.54. The molecule has 6 heteroatoms. The highest BCUT2D eigenvalue weighted by atomic mass is 35.5. The number of benzene rings is 2. The second kappa shape index (κ2) is 8.92. The van der Waals surface area contributed by atoms with E-state index in [-0.39, 0.29) is 0 Å². The summed E-state index contributed by atoms with van der Waals surface area (Å²) in [6.45, 7) is 7.11. The lowest BCUT2D eigenvalue weighted by molar-refractivity contribution is 0.340. The molecule has 0 unspecified atom stereocenters. The van der Waals surface area contributed by atoms with Crippen molar-refractivity contribution in [2.24, 2.45) is 0 Å². The van der Waals surface area contributed by atoms with Crippen LogP contribution in [-0.2, 0) is 12.3 Å². The molecule has 3 aromatic rings. The lowest BCUT2D eigenvalue weighted by atomic mass is 10.2. The van der Waals surface area contributed by atoms with E-state index in [2.05, 4.69) is 21.3 Å². The largest absolute Gasteiger partial charge is 0.494 e. The fourth-order valence-corrected chi connectivity index (χ4v) is 3.76. The summed E-state index contributed by atoms with van der Waals surface area (Å²) in [5.41, 5.74) is 2.07. The molecule has 1 heterocycles. The van der Waals surface area contributed by atoms with Crippen molar-refractivity contribution in [3.8, 4) is 17.1 Å². The van der Waals surface area contributed by atoms with Gasteiger partial charge in [0.25, 0.3) is 0 Å². The number of thioether (sulfide) groups is 1. The lowest BCUT2D eigenvalue weighted by Gasteiger charge is -2.09. The van der Waals surface area contributed by atoms with Crippen molar-refractivity contribution >= 4 is 23.4 Å². The zero-order chi connectivity index (χ0) is 18.4. The van der Waals surface area contributed by atoms with Crippen molar-refractivity contribution in [1.82, 2.24) is 14.8 Å². The van der Waals surface area contributed by atoms with Crippen LogP contribution in [0.4, 0.5) is 0 Å². The molecule has 0 amide bonds. The third-order valence-corrected chi connectivity index (χ3v) is 5.15. The van der Waals surface area contributed by atoms with E-state index in [1.807, 2.05) is 61.5 Å². The van der Waals surface area contributed by atoms with Crippen LogP contribution in [0.15, 0.2) is 66.3 Å². The Morgan fingerprint density at radius 2 is 1.92 bits per heavy atom. The van der Waals surface area contributed by atoms with E-state index in [9.17, 15) is 0 Å². The number of allylic oxidation sites excluding steroid dienone is 1. The molecule has 134 valence electrons. The number of ether oxygens (including phenoxy) is 1. The van der Waals surface area contributed by atoms with Crippen LogP contribution in [0.2, 0.25) is 5.02 Å². The van der Waals surface area contributed by atoms with E-state index in [0.717, 1.165) is 38.6 Å². The number of nitrogens with zero attached hydrogens (tertiary/aromatic N) is 3. The molecule has 4 nitrogen and oxygen atoms in total. The van der Waals surface area contributed by atoms with Crippen molar-refractivity contribution in [1.29, 1.82) is 0 Å². The minimum atomic E-state index is 0.639. The Hall–Kier alpha value is -2.24. The summed E-state index contributed by atoms with van der Waals surface area (Å²) < 4.78 is 7.56. The maximum atomic E-state index is 6.25. The number of rotatable bonds is 8. The average Bonchev–Trinajstić information content (AvgIpc) is 3.05. The molecule has 26 heavy (non-hydrogen) atoms. The van der Waals surface area contributed by atoms with Crippen molar-refractivity contribution in [3.63, 3.8) is 0 Å². The molecular formula is C20H20ClN3OS. The van der Waals surface area contributed by atoms with Crippen LogP contribution in [0.25, 0.3) is 11.4 Å². The highest BCUT2D eigenvalue weighted by molar-refractivity contribution is 7.98. The molecule has 0 aliphatic rings. The number of aromatic nitrogens is 3. The summed E-state index contributed by atoms with van der Waals surface area (Å²) in [6.07, 6.45) is 1.85. The molecule has 0 saturated heterocycles. The Balaban J connectivity index is 1.83. The predicted octanol–water partition coefficient (Wildman–Crippen LogP) is 5.48. The number of hydrogen-bond acceptors (Lipinski definition) is 4. The Labute approximate surface area is 162 Å². The Morgan fingerprint density at radius 3 is 2.62 bits per heavy atom. The fraction of sp³-hybridized carbons (Fsp3) is 0.200. The zero-order valence-electron chi connectivity index (χ0n) is 14.6. The highest BCUT2D eigenvalue weighted by Gasteiger charge is 2.14. The molecule has 0 fully saturated rings. The van der Waals surface area contributed by atoms with E-state index in [1.165, 1.54) is 0 Å². The number of hydrogen-bond donors (Lipinski definition) is 0. The van der Waals surface area contributed by atoms with Crippen molar-refractivity contribution in [2.45, 2.75) is 24.4 Å². The van der Waals surface area contributed by atoms with Gasteiger partial charge in [-0.15, -0.1) is 16.8 Å². The quantitative estimate of drug-likeness (QED) is 0.380. The van der Waals surface area contributed by atoms with Gasteiger partial charge in [0.1, 0.15) is 5.75 Å². The molecule has 3 rings (SSSR count). The molecule has 1 aromatic heterocycles. The molecule has 0 radical (unpaired) electrons. The molecule has 0 aliphatic carbocycles. The van der Waals surface area contributed by atoms with Crippen LogP contribution in [0, 0.1) is 0 Å². The smallest absolute Gasteiger partial charge is 0.192 e.